The van der Waals surface area contributed by atoms with E-state index in [4.69, 9.17) is 11.6 Å². The molecule has 5 nitrogen and oxygen atoms in total. The van der Waals surface area contributed by atoms with E-state index in [1.165, 1.54) is 0 Å². The van der Waals surface area contributed by atoms with E-state index in [0.717, 1.165) is 16.8 Å². The molecule has 0 heterocycles. The number of benzene rings is 3. The summed E-state index contributed by atoms with van der Waals surface area (Å²) in [5.41, 5.74) is 4.14. The zero-order chi connectivity index (χ0) is 21.3. The molecule has 0 unspecified atom stereocenters. The molecule has 0 atom stereocenters. The van der Waals surface area contributed by atoms with E-state index in [1.54, 1.807) is 30.3 Å². The van der Waals surface area contributed by atoms with Crippen LogP contribution < -0.4 is 16.0 Å². The highest BCUT2D eigenvalue weighted by Gasteiger charge is 2.07. The van der Waals surface area contributed by atoms with E-state index in [1.807, 2.05) is 49.4 Å². The molecule has 154 valence electrons. The number of hydrogen-bond acceptors (Lipinski definition) is 3. The van der Waals surface area contributed by atoms with Crippen LogP contribution in [0.25, 0.3) is 0 Å². The SMILES string of the molecule is Cc1ccc(NCC(=O)Nc2cccc(NC(=O)CCc3ccccc3)c2)cc1Cl. The summed E-state index contributed by atoms with van der Waals surface area (Å²) in [5, 5.41) is 9.39. The van der Waals surface area contributed by atoms with Crippen LogP contribution in [0.2, 0.25) is 5.02 Å². The van der Waals surface area contributed by atoms with Gasteiger partial charge < -0.3 is 16.0 Å². The van der Waals surface area contributed by atoms with Crippen LogP contribution in [0.15, 0.2) is 72.8 Å². The van der Waals surface area contributed by atoms with Crippen molar-refractivity contribution in [2.45, 2.75) is 19.8 Å². The molecule has 6 heteroatoms. The lowest BCUT2D eigenvalue weighted by Crippen LogP contribution is -2.22. The summed E-state index contributed by atoms with van der Waals surface area (Å²) in [7, 11) is 0. The van der Waals surface area contributed by atoms with Gasteiger partial charge in [0, 0.05) is 28.5 Å². The van der Waals surface area contributed by atoms with E-state index in [-0.39, 0.29) is 18.4 Å². The monoisotopic (exact) mass is 421 g/mol. The lowest BCUT2D eigenvalue weighted by molar-refractivity contribution is -0.116. The Morgan fingerprint density at radius 1 is 0.800 bits per heavy atom. The Morgan fingerprint density at radius 2 is 1.50 bits per heavy atom. The zero-order valence-corrected chi connectivity index (χ0v) is 17.5. The molecular formula is C24H24ClN3O2. The van der Waals surface area contributed by atoms with E-state index < -0.39 is 0 Å². The van der Waals surface area contributed by atoms with Crippen molar-refractivity contribution < 1.29 is 9.59 Å². The first-order chi connectivity index (χ1) is 14.5. The third-order valence-electron chi connectivity index (χ3n) is 4.54. The molecule has 2 amide bonds. The van der Waals surface area contributed by atoms with Gasteiger partial charge in [-0.15, -0.1) is 0 Å². The Balaban J connectivity index is 1.48. The first-order valence-electron chi connectivity index (χ1n) is 9.73. The molecule has 0 saturated carbocycles. The molecule has 3 aromatic carbocycles. The van der Waals surface area contributed by atoms with Gasteiger partial charge in [0.25, 0.3) is 0 Å². The molecule has 0 bridgehead atoms. The van der Waals surface area contributed by atoms with Crippen molar-refractivity contribution in [3.8, 4) is 0 Å². The number of rotatable bonds is 8. The third kappa shape index (κ3) is 6.64. The normalized spacial score (nSPS) is 10.3. The Bertz CT molecular complexity index is 1020. The highest BCUT2D eigenvalue weighted by molar-refractivity contribution is 6.31. The molecule has 0 aliphatic heterocycles. The highest BCUT2D eigenvalue weighted by Crippen LogP contribution is 2.20. The van der Waals surface area contributed by atoms with Crippen molar-refractivity contribution in [1.82, 2.24) is 0 Å². The summed E-state index contributed by atoms with van der Waals surface area (Å²) in [4.78, 5) is 24.4. The second kappa shape index (κ2) is 10.5. The van der Waals surface area contributed by atoms with Crippen LogP contribution in [0.1, 0.15) is 17.5 Å². The summed E-state index contributed by atoms with van der Waals surface area (Å²) in [6.45, 7) is 2.03. The first-order valence-corrected chi connectivity index (χ1v) is 10.1. The van der Waals surface area contributed by atoms with Crippen LogP contribution in [0, 0.1) is 6.92 Å². The van der Waals surface area contributed by atoms with Crippen LogP contribution in [0.3, 0.4) is 0 Å². The van der Waals surface area contributed by atoms with Gasteiger partial charge in [0.05, 0.1) is 6.54 Å². The maximum atomic E-state index is 12.2. The standard InChI is InChI=1S/C24H24ClN3O2/c1-17-10-12-19(15-22(17)25)26-16-24(30)28-21-9-5-8-20(14-21)27-23(29)13-11-18-6-3-2-4-7-18/h2-10,12,14-15,26H,11,13,16H2,1H3,(H,27,29)(H,28,30). The minimum atomic E-state index is -0.195. The molecule has 0 aliphatic carbocycles. The number of halogens is 1. The number of amides is 2. The fraction of sp³-hybridized carbons (Fsp3) is 0.167. The van der Waals surface area contributed by atoms with E-state index in [0.29, 0.717) is 29.2 Å². The summed E-state index contributed by atoms with van der Waals surface area (Å²) in [6.07, 6.45) is 1.07. The van der Waals surface area contributed by atoms with Crippen LogP contribution in [0.5, 0.6) is 0 Å². The van der Waals surface area contributed by atoms with Gasteiger partial charge in [0.15, 0.2) is 0 Å². The summed E-state index contributed by atoms with van der Waals surface area (Å²) in [6, 6.07) is 22.5. The predicted molar refractivity (Wildman–Crippen MR) is 123 cm³/mol. The molecular weight excluding hydrogens is 398 g/mol. The second-order valence-corrected chi connectivity index (χ2v) is 7.39. The van der Waals surface area contributed by atoms with Gasteiger partial charge in [-0.25, -0.2) is 0 Å². The largest absolute Gasteiger partial charge is 0.376 e. The minimum Gasteiger partial charge on any atom is -0.376 e. The fourth-order valence-electron chi connectivity index (χ4n) is 2.89. The molecule has 0 spiro atoms. The summed E-state index contributed by atoms with van der Waals surface area (Å²) >= 11 is 6.10. The minimum absolute atomic E-state index is 0.0692. The molecule has 0 saturated heterocycles. The number of carbonyl (C=O) groups excluding carboxylic acids is 2. The molecule has 3 aromatic rings. The van der Waals surface area contributed by atoms with Crippen molar-refractivity contribution in [1.29, 1.82) is 0 Å². The molecule has 0 radical (unpaired) electrons. The number of hydrogen-bond donors (Lipinski definition) is 3. The number of nitrogens with one attached hydrogen (secondary N) is 3. The van der Waals surface area contributed by atoms with Gasteiger partial charge in [0.2, 0.25) is 11.8 Å². The molecule has 0 fully saturated rings. The van der Waals surface area contributed by atoms with Crippen molar-refractivity contribution in [2.24, 2.45) is 0 Å². The molecule has 30 heavy (non-hydrogen) atoms. The van der Waals surface area contributed by atoms with Gasteiger partial charge in [-0.1, -0.05) is 54.1 Å². The van der Waals surface area contributed by atoms with E-state index in [2.05, 4.69) is 16.0 Å². The van der Waals surface area contributed by atoms with Gasteiger partial charge in [-0.05, 0) is 54.8 Å². The average molecular weight is 422 g/mol. The van der Waals surface area contributed by atoms with Crippen LogP contribution in [-0.4, -0.2) is 18.4 Å². The number of carbonyl (C=O) groups is 2. The van der Waals surface area contributed by atoms with E-state index >= 15 is 0 Å². The zero-order valence-electron chi connectivity index (χ0n) is 16.7. The summed E-state index contributed by atoms with van der Waals surface area (Å²) < 4.78 is 0. The number of anilines is 3. The van der Waals surface area contributed by atoms with Gasteiger partial charge in [-0.3, -0.25) is 9.59 Å². The molecule has 0 aromatic heterocycles. The summed E-state index contributed by atoms with van der Waals surface area (Å²) in [5.74, 6) is -0.264. The van der Waals surface area contributed by atoms with Gasteiger partial charge >= 0.3 is 0 Å². The maximum absolute atomic E-state index is 12.2. The smallest absolute Gasteiger partial charge is 0.243 e. The lowest BCUT2D eigenvalue weighted by Gasteiger charge is -2.11. The predicted octanol–water partition coefficient (Wildman–Crippen LogP) is 5.27. The highest BCUT2D eigenvalue weighted by atomic mass is 35.5. The molecule has 3 rings (SSSR count). The Hall–Kier alpha value is -3.31. The van der Waals surface area contributed by atoms with Crippen LogP contribution >= 0.6 is 11.6 Å². The Labute approximate surface area is 181 Å². The van der Waals surface area contributed by atoms with Crippen molar-refractivity contribution in [2.75, 3.05) is 22.5 Å². The van der Waals surface area contributed by atoms with Crippen molar-refractivity contribution in [3.05, 3.63) is 88.9 Å². The molecule has 3 N–H and O–H groups in total. The van der Waals surface area contributed by atoms with Gasteiger partial charge in [-0.2, -0.15) is 0 Å². The topological polar surface area (TPSA) is 70.2 Å². The lowest BCUT2D eigenvalue weighted by atomic mass is 10.1. The third-order valence-corrected chi connectivity index (χ3v) is 4.95. The Morgan fingerprint density at radius 3 is 2.20 bits per heavy atom. The van der Waals surface area contributed by atoms with Crippen LogP contribution in [0.4, 0.5) is 17.1 Å². The maximum Gasteiger partial charge on any atom is 0.243 e. The first kappa shape index (κ1) is 21.4. The quantitative estimate of drug-likeness (QED) is 0.464. The average Bonchev–Trinajstić information content (AvgIpc) is 2.74. The van der Waals surface area contributed by atoms with E-state index in [9.17, 15) is 9.59 Å². The molecule has 0 aliphatic rings. The fourth-order valence-corrected chi connectivity index (χ4v) is 3.07. The van der Waals surface area contributed by atoms with Crippen molar-refractivity contribution >= 4 is 40.5 Å². The number of aryl methyl sites for hydroxylation is 2. The van der Waals surface area contributed by atoms with Crippen molar-refractivity contribution in [3.63, 3.8) is 0 Å². The Kier molecular flexibility index (Phi) is 7.46. The second-order valence-electron chi connectivity index (χ2n) is 6.98. The van der Waals surface area contributed by atoms with Gasteiger partial charge in [0.1, 0.15) is 0 Å². The van der Waals surface area contributed by atoms with Crippen LogP contribution in [-0.2, 0) is 16.0 Å².